The molecule has 0 radical (unpaired) electrons. The molecule has 0 saturated carbocycles. The van der Waals surface area contributed by atoms with Gasteiger partial charge in [-0.3, -0.25) is 4.79 Å². The maximum Gasteiger partial charge on any atom is 0.309 e. The number of rotatable bonds is 11. The summed E-state index contributed by atoms with van der Waals surface area (Å²) >= 11 is 3.56. The zero-order valence-electron chi connectivity index (χ0n) is 19.0. The number of azide groups is 1. The van der Waals surface area contributed by atoms with Gasteiger partial charge in [0.05, 0.1) is 5.41 Å². The summed E-state index contributed by atoms with van der Waals surface area (Å²) in [6.07, 6.45) is 1.78. The normalized spacial score (nSPS) is 13.7. The molecule has 0 aliphatic carbocycles. The maximum absolute atomic E-state index is 12.0. The second-order valence-corrected chi connectivity index (χ2v) is 9.10. The molecule has 170 valence electrons. The van der Waals surface area contributed by atoms with Crippen LogP contribution in [0.15, 0.2) is 65.3 Å². The zero-order chi connectivity index (χ0) is 23.7. The summed E-state index contributed by atoms with van der Waals surface area (Å²) in [6.45, 7) is 7.64. The molecule has 2 rings (SSSR count). The maximum atomic E-state index is 12.0. The fourth-order valence-corrected chi connectivity index (χ4v) is 4.21. The third-order valence-corrected chi connectivity index (χ3v) is 6.18. The van der Waals surface area contributed by atoms with Crippen LogP contribution in [0, 0.1) is 25.2 Å². The van der Waals surface area contributed by atoms with Crippen molar-refractivity contribution in [2.75, 3.05) is 11.9 Å². The molecule has 0 heterocycles. The summed E-state index contributed by atoms with van der Waals surface area (Å²) < 4.78 is 6.63. The molecule has 0 fully saturated rings. The van der Waals surface area contributed by atoms with E-state index in [9.17, 15) is 9.90 Å². The molecule has 2 atom stereocenters. The minimum atomic E-state index is -0.984. The molecular weight excluding hydrogens is 470 g/mol. The van der Waals surface area contributed by atoms with Gasteiger partial charge < -0.3 is 9.84 Å². The van der Waals surface area contributed by atoms with Crippen molar-refractivity contribution < 1.29 is 14.6 Å². The van der Waals surface area contributed by atoms with E-state index < -0.39 is 17.5 Å². The predicted molar refractivity (Wildman–Crippen MR) is 131 cm³/mol. The third kappa shape index (κ3) is 6.87. The van der Waals surface area contributed by atoms with Crippen LogP contribution >= 0.6 is 15.9 Å². The van der Waals surface area contributed by atoms with E-state index in [1.165, 1.54) is 0 Å². The smallest absolute Gasteiger partial charge is 0.309 e. The summed E-state index contributed by atoms with van der Waals surface area (Å²) in [5, 5.41) is 14.0. The molecule has 0 spiro atoms. The van der Waals surface area contributed by atoms with Crippen molar-refractivity contribution in [1.29, 1.82) is 0 Å². The second kappa shape index (κ2) is 11.7. The average molecular weight is 500 g/mol. The van der Waals surface area contributed by atoms with Gasteiger partial charge in [0.25, 0.3) is 0 Å². The van der Waals surface area contributed by atoms with E-state index >= 15 is 0 Å². The Morgan fingerprint density at radius 2 is 1.94 bits per heavy atom. The Morgan fingerprint density at radius 1 is 1.25 bits per heavy atom. The predicted octanol–water partition coefficient (Wildman–Crippen LogP) is 7.17. The molecule has 1 N–H and O–H groups in total. The number of carbonyl (C=O) groups is 1. The standard InChI is InChI=1S/C25H30BrN3O3/c1-17-10-11-18(2)22(14-17)32-23(19-8-6-5-7-9-19)21(15-25(3,4)24(30)31)20(16-26)12-13-28-29-27/h5-12,14,21,23H,13,15-16H2,1-4H3,(H,30,31)/b20-12+. The van der Waals surface area contributed by atoms with Gasteiger partial charge in [-0.1, -0.05) is 75.2 Å². The molecule has 0 aliphatic heterocycles. The van der Waals surface area contributed by atoms with Gasteiger partial charge in [-0.2, -0.15) is 0 Å². The molecule has 2 unspecified atom stereocenters. The first kappa shape index (κ1) is 25.5. The van der Waals surface area contributed by atoms with E-state index in [1.54, 1.807) is 13.8 Å². The van der Waals surface area contributed by atoms with Gasteiger partial charge in [-0.15, -0.1) is 0 Å². The van der Waals surface area contributed by atoms with Gasteiger partial charge in [0.2, 0.25) is 0 Å². The Hall–Kier alpha value is -2.76. The number of alkyl halides is 1. The largest absolute Gasteiger partial charge is 0.485 e. The molecule has 0 bridgehead atoms. The summed E-state index contributed by atoms with van der Waals surface area (Å²) in [7, 11) is 0. The number of carboxylic acids is 1. The first-order valence-corrected chi connectivity index (χ1v) is 11.6. The molecule has 0 saturated heterocycles. The van der Waals surface area contributed by atoms with Crippen LogP contribution in [0.5, 0.6) is 5.75 Å². The topological polar surface area (TPSA) is 95.3 Å². The number of ether oxygens (including phenoxy) is 1. The minimum Gasteiger partial charge on any atom is -0.485 e. The summed E-state index contributed by atoms with van der Waals surface area (Å²) in [5.74, 6) is -0.373. The number of aryl methyl sites for hydroxylation is 2. The van der Waals surface area contributed by atoms with Crippen LogP contribution < -0.4 is 4.74 Å². The molecule has 7 heteroatoms. The molecule has 0 aliphatic rings. The Bertz CT molecular complexity index is 999. The second-order valence-electron chi connectivity index (χ2n) is 8.54. The average Bonchev–Trinajstić information content (AvgIpc) is 2.76. The number of nitrogens with zero attached hydrogens (tertiary/aromatic N) is 3. The molecule has 2 aromatic rings. The number of hydrogen-bond acceptors (Lipinski definition) is 3. The monoisotopic (exact) mass is 499 g/mol. The highest BCUT2D eigenvalue weighted by Crippen LogP contribution is 2.41. The first-order chi connectivity index (χ1) is 15.2. The van der Waals surface area contributed by atoms with Gasteiger partial charge in [0.1, 0.15) is 11.9 Å². The van der Waals surface area contributed by atoms with Crippen molar-refractivity contribution in [2.45, 2.75) is 40.2 Å². The Labute approximate surface area is 198 Å². The molecule has 32 heavy (non-hydrogen) atoms. The van der Waals surface area contributed by atoms with Crippen LogP contribution in [0.1, 0.15) is 43.1 Å². The first-order valence-electron chi connectivity index (χ1n) is 10.5. The Balaban J connectivity index is 2.63. The lowest BCUT2D eigenvalue weighted by molar-refractivity contribution is -0.148. The molecule has 0 aromatic heterocycles. The lowest BCUT2D eigenvalue weighted by Gasteiger charge is -2.34. The van der Waals surface area contributed by atoms with Gasteiger partial charge in [-0.25, -0.2) is 0 Å². The Kier molecular flexibility index (Phi) is 9.36. The van der Waals surface area contributed by atoms with Crippen molar-refractivity contribution in [2.24, 2.45) is 16.4 Å². The van der Waals surface area contributed by atoms with E-state index in [0.29, 0.717) is 11.8 Å². The fourth-order valence-electron chi connectivity index (χ4n) is 3.57. The van der Waals surface area contributed by atoms with E-state index in [1.807, 2.05) is 68.5 Å². The van der Waals surface area contributed by atoms with Crippen molar-refractivity contribution in [1.82, 2.24) is 0 Å². The highest BCUT2D eigenvalue weighted by atomic mass is 79.9. The molecule has 2 aromatic carbocycles. The van der Waals surface area contributed by atoms with Crippen molar-refractivity contribution in [3.8, 4) is 5.75 Å². The van der Waals surface area contributed by atoms with Crippen molar-refractivity contribution in [3.63, 3.8) is 0 Å². The van der Waals surface area contributed by atoms with Crippen LogP contribution in [-0.2, 0) is 4.79 Å². The number of hydrogen-bond donors (Lipinski definition) is 1. The van der Waals surface area contributed by atoms with E-state index in [4.69, 9.17) is 10.3 Å². The fraction of sp³-hybridized carbons (Fsp3) is 0.400. The number of benzene rings is 2. The summed E-state index contributed by atoms with van der Waals surface area (Å²) in [4.78, 5) is 14.8. The van der Waals surface area contributed by atoms with Crippen LogP contribution in [0.25, 0.3) is 10.4 Å². The SMILES string of the molecule is Cc1ccc(C)c(OC(c2ccccc2)C(CC(C)(C)C(=O)O)/C(=C/CN=[N+]=[N-])CBr)c1. The van der Waals surface area contributed by atoms with Crippen molar-refractivity contribution in [3.05, 3.63) is 87.3 Å². The van der Waals surface area contributed by atoms with Crippen molar-refractivity contribution >= 4 is 21.9 Å². The number of carboxylic acid groups (broad SMARTS) is 1. The number of halogens is 1. The summed E-state index contributed by atoms with van der Waals surface area (Å²) in [6, 6.07) is 15.9. The van der Waals surface area contributed by atoms with E-state index in [0.717, 1.165) is 28.0 Å². The molecule has 0 amide bonds. The van der Waals surface area contributed by atoms with Gasteiger partial charge in [0, 0.05) is 22.7 Å². The van der Waals surface area contributed by atoms with E-state index in [2.05, 4.69) is 26.0 Å². The van der Waals surface area contributed by atoms with Gasteiger partial charge in [0.15, 0.2) is 0 Å². The highest BCUT2D eigenvalue weighted by molar-refractivity contribution is 9.09. The minimum absolute atomic E-state index is 0.187. The molecular formula is C25H30BrN3O3. The third-order valence-electron chi connectivity index (χ3n) is 5.53. The van der Waals surface area contributed by atoms with Crippen LogP contribution in [-0.4, -0.2) is 23.0 Å². The lowest BCUT2D eigenvalue weighted by Crippen LogP contribution is -2.32. The van der Waals surface area contributed by atoms with Gasteiger partial charge in [-0.05, 0) is 62.4 Å². The lowest BCUT2D eigenvalue weighted by atomic mass is 9.76. The number of aliphatic carboxylic acids is 1. The summed E-state index contributed by atoms with van der Waals surface area (Å²) in [5.41, 5.74) is 11.7. The highest BCUT2D eigenvalue weighted by Gasteiger charge is 2.37. The Morgan fingerprint density at radius 3 is 2.53 bits per heavy atom. The van der Waals surface area contributed by atoms with E-state index in [-0.39, 0.29) is 12.5 Å². The zero-order valence-corrected chi connectivity index (χ0v) is 20.5. The van der Waals surface area contributed by atoms with Gasteiger partial charge >= 0.3 is 5.97 Å². The van der Waals surface area contributed by atoms with Crippen LogP contribution in [0.2, 0.25) is 0 Å². The molecule has 6 nitrogen and oxygen atoms in total. The van der Waals surface area contributed by atoms with Crippen LogP contribution in [0.4, 0.5) is 0 Å². The quantitative estimate of drug-likeness (QED) is 0.116. The van der Waals surface area contributed by atoms with Crippen LogP contribution in [0.3, 0.4) is 0 Å².